The molecule has 0 spiro atoms. The Morgan fingerprint density at radius 2 is 1.85 bits per heavy atom. The van der Waals surface area contributed by atoms with Gasteiger partial charge in [-0.15, -0.1) is 10.2 Å². The summed E-state index contributed by atoms with van der Waals surface area (Å²) in [6.07, 6.45) is 0. The zero-order valence-corrected chi connectivity index (χ0v) is 20.7. The lowest BCUT2D eigenvalue weighted by molar-refractivity contribution is -0.113. The fourth-order valence-corrected chi connectivity index (χ4v) is 5.43. The molecule has 0 aliphatic heterocycles. The van der Waals surface area contributed by atoms with Crippen LogP contribution in [0.15, 0.2) is 52.5 Å². The van der Waals surface area contributed by atoms with Crippen LogP contribution in [0.3, 0.4) is 0 Å². The SMILES string of the molecule is CCN(CC)S(=O)(=O)c1cccc(-c2nnc(SCC(=O)Nc3cc(C)ccc3C)n2N)c1. The molecule has 3 rings (SSSR count). The van der Waals surface area contributed by atoms with Gasteiger partial charge in [0, 0.05) is 24.3 Å². The Bertz CT molecular complexity index is 1250. The number of aryl methyl sites for hydroxylation is 2. The largest absolute Gasteiger partial charge is 0.335 e. The molecule has 0 atom stereocenters. The lowest BCUT2D eigenvalue weighted by Gasteiger charge is -2.18. The highest BCUT2D eigenvalue weighted by Crippen LogP contribution is 2.25. The van der Waals surface area contributed by atoms with Crippen molar-refractivity contribution in [3.05, 3.63) is 53.6 Å². The fourth-order valence-electron chi connectivity index (χ4n) is 3.27. The number of benzene rings is 2. The maximum atomic E-state index is 12.8. The van der Waals surface area contributed by atoms with Crippen LogP contribution in [0.2, 0.25) is 0 Å². The van der Waals surface area contributed by atoms with Gasteiger partial charge in [0.2, 0.25) is 21.1 Å². The van der Waals surface area contributed by atoms with Gasteiger partial charge in [-0.2, -0.15) is 4.31 Å². The Morgan fingerprint density at radius 1 is 1.12 bits per heavy atom. The Labute approximate surface area is 198 Å². The van der Waals surface area contributed by atoms with E-state index in [2.05, 4.69) is 15.5 Å². The van der Waals surface area contributed by atoms with Crippen LogP contribution in [-0.4, -0.2) is 52.3 Å². The molecule has 33 heavy (non-hydrogen) atoms. The van der Waals surface area contributed by atoms with Crippen LogP contribution >= 0.6 is 11.8 Å². The summed E-state index contributed by atoms with van der Waals surface area (Å²) in [6.45, 7) is 8.23. The molecular weight excluding hydrogens is 460 g/mol. The number of hydrogen-bond acceptors (Lipinski definition) is 7. The number of amides is 1. The van der Waals surface area contributed by atoms with E-state index < -0.39 is 10.0 Å². The number of nitrogens with one attached hydrogen (secondary N) is 1. The van der Waals surface area contributed by atoms with E-state index in [1.807, 2.05) is 32.0 Å². The van der Waals surface area contributed by atoms with Gasteiger partial charge >= 0.3 is 0 Å². The smallest absolute Gasteiger partial charge is 0.243 e. The molecule has 0 bridgehead atoms. The predicted octanol–water partition coefficient (Wildman–Crippen LogP) is 3.04. The van der Waals surface area contributed by atoms with Gasteiger partial charge in [-0.05, 0) is 43.2 Å². The Kier molecular flexibility index (Phi) is 7.77. The van der Waals surface area contributed by atoms with Crippen molar-refractivity contribution >= 4 is 33.4 Å². The molecule has 0 saturated heterocycles. The van der Waals surface area contributed by atoms with Gasteiger partial charge in [-0.3, -0.25) is 4.79 Å². The number of thioether (sulfide) groups is 1. The van der Waals surface area contributed by atoms with Crippen molar-refractivity contribution in [2.75, 3.05) is 30.0 Å². The van der Waals surface area contributed by atoms with Crippen LogP contribution in [0.25, 0.3) is 11.4 Å². The third-order valence-corrected chi connectivity index (χ3v) is 8.09. The van der Waals surface area contributed by atoms with Crippen molar-refractivity contribution < 1.29 is 13.2 Å². The standard InChI is InChI=1S/C22H28N6O3S2/c1-5-27(6-2)33(30,31)18-9-7-8-17(13-18)21-25-26-22(28(21)23)32-14-20(29)24-19-12-15(3)10-11-16(19)4/h7-13H,5-6,14,23H2,1-4H3,(H,24,29). The molecule has 11 heteroatoms. The molecule has 3 N–H and O–H groups in total. The summed E-state index contributed by atoms with van der Waals surface area (Å²) < 4.78 is 28.3. The Balaban J connectivity index is 1.75. The highest BCUT2D eigenvalue weighted by Gasteiger charge is 2.23. The van der Waals surface area contributed by atoms with Gasteiger partial charge in [0.05, 0.1) is 10.6 Å². The minimum absolute atomic E-state index is 0.0963. The van der Waals surface area contributed by atoms with Crippen LogP contribution < -0.4 is 11.2 Å². The highest BCUT2D eigenvalue weighted by molar-refractivity contribution is 7.99. The monoisotopic (exact) mass is 488 g/mol. The summed E-state index contributed by atoms with van der Waals surface area (Å²) in [5, 5.41) is 11.4. The third-order valence-electron chi connectivity index (χ3n) is 5.10. The molecule has 9 nitrogen and oxygen atoms in total. The number of nitrogens with zero attached hydrogens (tertiary/aromatic N) is 4. The summed E-state index contributed by atoms with van der Waals surface area (Å²) in [7, 11) is -3.62. The second-order valence-corrected chi connectivity index (χ2v) is 10.3. The van der Waals surface area contributed by atoms with Crippen molar-refractivity contribution in [2.24, 2.45) is 0 Å². The van der Waals surface area contributed by atoms with Gasteiger partial charge in [-0.1, -0.05) is 49.9 Å². The van der Waals surface area contributed by atoms with Gasteiger partial charge in [-0.25, -0.2) is 13.1 Å². The quantitative estimate of drug-likeness (QED) is 0.350. The molecule has 0 fully saturated rings. The predicted molar refractivity (Wildman–Crippen MR) is 131 cm³/mol. The van der Waals surface area contributed by atoms with E-state index >= 15 is 0 Å². The lowest BCUT2D eigenvalue weighted by atomic mass is 10.1. The minimum atomic E-state index is -3.62. The van der Waals surface area contributed by atoms with Gasteiger partial charge in [0.15, 0.2) is 5.82 Å². The normalized spacial score (nSPS) is 11.7. The first-order valence-corrected chi connectivity index (χ1v) is 12.9. The lowest BCUT2D eigenvalue weighted by Crippen LogP contribution is -2.30. The average molecular weight is 489 g/mol. The topological polar surface area (TPSA) is 123 Å². The van der Waals surface area contributed by atoms with E-state index in [0.29, 0.717) is 29.6 Å². The van der Waals surface area contributed by atoms with Crippen molar-refractivity contribution in [1.29, 1.82) is 0 Å². The van der Waals surface area contributed by atoms with Gasteiger partial charge in [0.1, 0.15) is 0 Å². The number of nitrogens with two attached hydrogens (primary N) is 1. The third kappa shape index (κ3) is 5.55. The minimum Gasteiger partial charge on any atom is -0.335 e. The number of nitrogen functional groups attached to an aromatic ring is 1. The van der Waals surface area contributed by atoms with Gasteiger partial charge in [0.25, 0.3) is 0 Å². The maximum Gasteiger partial charge on any atom is 0.243 e. The zero-order valence-electron chi connectivity index (χ0n) is 19.1. The number of anilines is 1. The molecule has 0 saturated carbocycles. The second kappa shape index (κ2) is 10.4. The van der Waals surface area contributed by atoms with Gasteiger partial charge < -0.3 is 11.2 Å². The molecular formula is C22H28N6O3S2. The maximum absolute atomic E-state index is 12.8. The summed E-state index contributed by atoms with van der Waals surface area (Å²) >= 11 is 1.15. The number of carbonyl (C=O) groups is 1. The molecule has 1 heterocycles. The van der Waals surface area contributed by atoms with Crippen molar-refractivity contribution in [3.63, 3.8) is 0 Å². The molecule has 0 aliphatic carbocycles. The molecule has 0 radical (unpaired) electrons. The molecule has 0 aliphatic rings. The van der Waals surface area contributed by atoms with Crippen molar-refractivity contribution in [2.45, 2.75) is 37.7 Å². The van der Waals surface area contributed by atoms with Crippen LogP contribution in [-0.2, 0) is 14.8 Å². The van der Waals surface area contributed by atoms with E-state index in [1.54, 1.807) is 32.0 Å². The summed E-state index contributed by atoms with van der Waals surface area (Å²) in [5.41, 5.74) is 3.31. The number of rotatable bonds is 9. The van der Waals surface area contributed by atoms with E-state index in [4.69, 9.17) is 5.84 Å². The van der Waals surface area contributed by atoms with Crippen LogP contribution in [0.4, 0.5) is 5.69 Å². The molecule has 3 aromatic rings. The first kappa shape index (κ1) is 24.7. The van der Waals surface area contributed by atoms with E-state index in [0.717, 1.165) is 28.6 Å². The van der Waals surface area contributed by atoms with E-state index in [-0.39, 0.29) is 16.6 Å². The first-order valence-electron chi connectivity index (χ1n) is 10.5. The van der Waals surface area contributed by atoms with E-state index in [1.165, 1.54) is 15.0 Å². The van der Waals surface area contributed by atoms with Crippen LogP contribution in [0, 0.1) is 13.8 Å². The molecule has 176 valence electrons. The fraction of sp³-hybridized carbons (Fsp3) is 0.318. The van der Waals surface area contributed by atoms with Crippen LogP contribution in [0.5, 0.6) is 0 Å². The number of hydrogen-bond donors (Lipinski definition) is 2. The average Bonchev–Trinajstić information content (AvgIpc) is 3.16. The number of carbonyl (C=O) groups excluding carboxylic acids is 1. The number of sulfonamides is 1. The van der Waals surface area contributed by atoms with E-state index in [9.17, 15) is 13.2 Å². The van der Waals surface area contributed by atoms with Crippen molar-refractivity contribution in [3.8, 4) is 11.4 Å². The summed E-state index contributed by atoms with van der Waals surface area (Å²) in [5.74, 6) is 6.38. The Morgan fingerprint density at radius 3 is 2.55 bits per heavy atom. The Hall–Kier alpha value is -2.89. The second-order valence-electron chi connectivity index (χ2n) is 7.45. The molecule has 0 unspecified atom stereocenters. The first-order chi connectivity index (χ1) is 15.7. The highest BCUT2D eigenvalue weighted by atomic mass is 32.2. The summed E-state index contributed by atoms with van der Waals surface area (Å²) in [4.78, 5) is 12.6. The zero-order chi connectivity index (χ0) is 24.2. The molecule has 1 aromatic heterocycles. The molecule has 1 amide bonds. The summed E-state index contributed by atoms with van der Waals surface area (Å²) in [6, 6.07) is 12.3. The van der Waals surface area contributed by atoms with Crippen molar-refractivity contribution in [1.82, 2.24) is 19.2 Å². The number of aromatic nitrogens is 3. The molecule has 2 aromatic carbocycles. The van der Waals surface area contributed by atoms with Crippen LogP contribution in [0.1, 0.15) is 25.0 Å².